The summed E-state index contributed by atoms with van der Waals surface area (Å²) in [5.41, 5.74) is -1.85. The van der Waals surface area contributed by atoms with Gasteiger partial charge in [-0.25, -0.2) is 13.6 Å². The molecule has 0 unspecified atom stereocenters. The Morgan fingerprint density at radius 1 is 1.33 bits per heavy atom. The van der Waals surface area contributed by atoms with E-state index < -0.39 is 28.8 Å². The topological polar surface area (TPSA) is 49.3 Å². The van der Waals surface area contributed by atoms with Gasteiger partial charge in [0.1, 0.15) is 22.9 Å². The van der Waals surface area contributed by atoms with Crippen LogP contribution in [0.4, 0.5) is 14.5 Å². The maximum atomic E-state index is 13.1. The van der Waals surface area contributed by atoms with E-state index in [-0.39, 0.29) is 0 Å². The second-order valence-electron chi connectivity index (χ2n) is 3.65. The van der Waals surface area contributed by atoms with E-state index in [2.05, 4.69) is 5.32 Å². The second-order valence-corrected chi connectivity index (χ2v) is 3.65. The molecule has 0 aliphatic heterocycles. The molecule has 0 heterocycles. The van der Waals surface area contributed by atoms with E-state index in [4.69, 9.17) is 5.11 Å². The third-order valence-corrected chi connectivity index (χ3v) is 1.93. The summed E-state index contributed by atoms with van der Waals surface area (Å²) >= 11 is 0. The molecule has 0 saturated carbocycles. The van der Waals surface area contributed by atoms with Crippen molar-refractivity contribution in [3.05, 3.63) is 29.8 Å². The van der Waals surface area contributed by atoms with Gasteiger partial charge >= 0.3 is 5.97 Å². The number of nitrogens with one attached hydrogen (secondary N) is 1. The lowest BCUT2D eigenvalue weighted by molar-refractivity contribution is -0.141. The Hall–Kier alpha value is -1.65. The van der Waals surface area contributed by atoms with Gasteiger partial charge in [0, 0.05) is 0 Å². The number of para-hydroxylation sites is 1. The van der Waals surface area contributed by atoms with Crippen LogP contribution in [0.25, 0.3) is 0 Å². The van der Waals surface area contributed by atoms with E-state index in [0.29, 0.717) is 0 Å². The predicted octanol–water partition coefficient (Wildman–Crippen LogP) is 2.24. The highest BCUT2D eigenvalue weighted by Crippen LogP contribution is 2.22. The van der Waals surface area contributed by atoms with Gasteiger partial charge < -0.3 is 10.4 Å². The summed E-state index contributed by atoms with van der Waals surface area (Å²) in [5, 5.41) is 11.1. The van der Waals surface area contributed by atoms with Gasteiger partial charge in [-0.3, -0.25) is 0 Å². The minimum Gasteiger partial charge on any atom is -0.480 e. The number of carboxylic acid groups (broad SMARTS) is 1. The first kappa shape index (κ1) is 11.4. The van der Waals surface area contributed by atoms with Crippen molar-refractivity contribution >= 4 is 11.7 Å². The Bertz CT molecular complexity index is 371. The van der Waals surface area contributed by atoms with Crippen LogP contribution in [-0.2, 0) is 4.79 Å². The van der Waals surface area contributed by atoms with Crippen molar-refractivity contribution in [2.45, 2.75) is 19.4 Å². The molecule has 0 atom stereocenters. The molecular formula is C10H11F2NO2. The Balaban J connectivity index is 3.04. The fourth-order valence-electron chi connectivity index (χ4n) is 0.983. The molecule has 0 radical (unpaired) electrons. The molecule has 82 valence electrons. The van der Waals surface area contributed by atoms with Crippen LogP contribution in [0.5, 0.6) is 0 Å². The van der Waals surface area contributed by atoms with Gasteiger partial charge in [0.05, 0.1) is 0 Å². The van der Waals surface area contributed by atoms with Crippen molar-refractivity contribution in [2.24, 2.45) is 0 Å². The SMILES string of the molecule is CC(C)(Nc1c(F)cccc1F)C(=O)O. The predicted molar refractivity (Wildman–Crippen MR) is 51.7 cm³/mol. The van der Waals surface area contributed by atoms with E-state index in [0.717, 1.165) is 12.1 Å². The smallest absolute Gasteiger partial charge is 0.328 e. The summed E-state index contributed by atoms with van der Waals surface area (Å²) in [5.74, 6) is -2.82. The first-order chi connectivity index (χ1) is 6.84. The van der Waals surface area contributed by atoms with Crippen molar-refractivity contribution in [3.8, 4) is 0 Å². The number of carboxylic acids is 1. The minimum atomic E-state index is -1.43. The second kappa shape index (κ2) is 3.84. The van der Waals surface area contributed by atoms with Crippen LogP contribution in [0, 0.1) is 11.6 Å². The molecule has 0 bridgehead atoms. The monoisotopic (exact) mass is 215 g/mol. The van der Waals surface area contributed by atoms with Crippen molar-refractivity contribution < 1.29 is 18.7 Å². The van der Waals surface area contributed by atoms with E-state index in [1.807, 2.05) is 0 Å². The van der Waals surface area contributed by atoms with Crippen molar-refractivity contribution in [1.82, 2.24) is 0 Å². The summed E-state index contributed by atoms with van der Waals surface area (Å²) in [6, 6.07) is 3.33. The fraction of sp³-hybridized carbons (Fsp3) is 0.300. The molecule has 1 rings (SSSR count). The Labute approximate surface area is 85.7 Å². The molecule has 0 spiro atoms. The molecule has 1 aromatic rings. The highest BCUT2D eigenvalue weighted by atomic mass is 19.1. The Kier molecular flexibility index (Phi) is 2.93. The summed E-state index contributed by atoms with van der Waals surface area (Å²) in [6.45, 7) is 2.64. The molecule has 0 aliphatic carbocycles. The van der Waals surface area contributed by atoms with Gasteiger partial charge in [0.15, 0.2) is 0 Å². The molecule has 3 nitrogen and oxygen atoms in total. The third-order valence-electron chi connectivity index (χ3n) is 1.93. The molecule has 0 aliphatic rings. The van der Waals surface area contributed by atoms with Crippen molar-refractivity contribution in [1.29, 1.82) is 0 Å². The zero-order valence-corrected chi connectivity index (χ0v) is 8.34. The Morgan fingerprint density at radius 2 is 1.80 bits per heavy atom. The average Bonchev–Trinajstić information content (AvgIpc) is 2.11. The molecule has 2 N–H and O–H groups in total. The van der Waals surface area contributed by atoms with Crippen LogP contribution >= 0.6 is 0 Å². The first-order valence-corrected chi connectivity index (χ1v) is 4.30. The van der Waals surface area contributed by atoms with Crippen LogP contribution < -0.4 is 5.32 Å². The van der Waals surface area contributed by atoms with Crippen LogP contribution in [0.15, 0.2) is 18.2 Å². The quantitative estimate of drug-likeness (QED) is 0.812. The van der Waals surface area contributed by atoms with E-state index in [9.17, 15) is 13.6 Å². The number of anilines is 1. The minimum absolute atomic E-state index is 0.426. The largest absolute Gasteiger partial charge is 0.480 e. The molecule has 0 aromatic heterocycles. The maximum absolute atomic E-state index is 13.1. The van der Waals surface area contributed by atoms with Crippen molar-refractivity contribution in [2.75, 3.05) is 5.32 Å². The van der Waals surface area contributed by atoms with Crippen molar-refractivity contribution in [3.63, 3.8) is 0 Å². The molecule has 15 heavy (non-hydrogen) atoms. The van der Waals surface area contributed by atoms with Gasteiger partial charge in [-0.05, 0) is 26.0 Å². The summed E-state index contributed by atoms with van der Waals surface area (Å²) in [7, 11) is 0. The number of halogens is 2. The van der Waals surface area contributed by atoms with Gasteiger partial charge in [-0.15, -0.1) is 0 Å². The highest BCUT2D eigenvalue weighted by molar-refractivity contribution is 5.81. The third kappa shape index (κ3) is 2.43. The number of aliphatic carboxylic acids is 1. The van der Waals surface area contributed by atoms with Gasteiger partial charge in [0.25, 0.3) is 0 Å². The molecule has 5 heteroatoms. The zero-order chi connectivity index (χ0) is 11.6. The van der Waals surface area contributed by atoms with E-state index in [1.54, 1.807) is 0 Å². The number of carbonyl (C=O) groups is 1. The zero-order valence-electron chi connectivity index (χ0n) is 8.34. The van der Waals surface area contributed by atoms with Crippen LogP contribution in [-0.4, -0.2) is 16.6 Å². The molecule has 0 saturated heterocycles. The number of hydrogen-bond acceptors (Lipinski definition) is 2. The molecule has 0 fully saturated rings. The number of benzene rings is 1. The van der Waals surface area contributed by atoms with E-state index in [1.165, 1.54) is 19.9 Å². The lowest BCUT2D eigenvalue weighted by atomic mass is 10.1. The fourth-order valence-corrected chi connectivity index (χ4v) is 0.983. The van der Waals surface area contributed by atoms with Crippen LogP contribution in [0.3, 0.4) is 0 Å². The molecule has 1 aromatic carbocycles. The van der Waals surface area contributed by atoms with Gasteiger partial charge in [-0.2, -0.15) is 0 Å². The summed E-state index contributed by atoms with van der Waals surface area (Å²) < 4.78 is 26.3. The maximum Gasteiger partial charge on any atom is 0.328 e. The molecule has 0 amide bonds. The van der Waals surface area contributed by atoms with Gasteiger partial charge in [0.2, 0.25) is 0 Å². The van der Waals surface area contributed by atoms with Gasteiger partial charge in [-0.1, -0.05) is 6.07 Å². The standard InChI is InChI=1S/C10H11F2NO2/c1-10(2,9(14)15)13-8-6(11)4-3-5-7(8)12/h3-5,13H,1-2H3,(H,14,15). The lowest BCUT2D eigenvalue weighted by Gasteiger charge is -2.22. The number of rotatable bonds is 3. The average molecular weight is 215 g/mol. The highest BCUT2D eigenvalue weighted by Gasteiger charge is 2.28. The van der Waals surface area contributed by atoms with Crippen LogP contribution in [0.1, 0.15) is 13.8 Å². The van der Waals surface area contributed by atoms with Crippen LogP contribution in [0.2, 0.25) is 0 Å². The Morgan fingerprint density at radius 3 is 2.20 bits per heavy atom. The molecular weight excluding hydrogens is 204 g/mol. The normalized spacial score (nSPS) is 11.2. The first-order valence-electron chi connectivity index (χ1n) is 4.30. The lowest BCUT2D eigenvalue weighted by Crippen LogP contribution is -2.40. The van der Waals surface area contributed by atoms with E-state index >= 15 is 0 Å². The summed E-state index contributed by atoms with van der Waals surface area (Å²) in [4.78, 5) is 10.7. The number of hydrogen-bond donors (Lipinski definition) is 2. The summed E-state index contributed by atoms with van der Waals surface area (Å²) in [6.07, 6.45) is 0.